The van der Waals surface area contributed by atoms with Crippen molar-refractivity contribution in [3.05, 3.63) is 70.8 Å². The van der Waals surface area contributed by atoms with Gasteiger partial charge in [0.1, 0.15) is 0 Å². The van der Waals surface area contributed by atoms with E-state index in [0.29, 0.717) is 17.7 Å². The maximum absolute atomic E-state index is 12.6. The van der Waals surface area contributed by atoms with Crippen LogP contribution in [0.3, 0.4) is 0 Å². The highest BCUT2D eigenvalue weighted by atomic mass is 19.4. The molecule has 0 atom stereocenters. The third-order valence-corrected chi connectivity index (χ3v) is 5.04. The Morgan fingerprint density at radius 3 is 2.03 bits per heavy atom. The van der Waals surface area contributed by atoms with E-state index in [1.165, 1.54) is 24.3 Å². The summed E-state index contributed by atoms with van der Waals surface area (Å²) >= 11 is 0. The molecule has 29 heavy (non-hydrogen) atoms. The summed E-state index contributed by atoms with van der Waals surface area (Å²) in [5.74, 6) is -0.750. The Labute approximate surface area is 166 Å². The minimum atomic E-state index is -4.32. The van der Waals surface area contributed by atoms with Crippen LogP contribution < -0.4 is 11.1 Å². The SMILES string of the molecule is NC(=O)c1ccc(C(=O)NC2CCN(Cc3ccc(C(F)(F)F)cc3)CC2)cc1. The van der Waals surface area contributed by atoms with Crippen LogP contribution in [0, 0.1) is 0 Å². The molecular weight excluding hydrogens is 383 g/mol. The number of piperidine rings is 1. The summed E-state index contributed by atoms with van der Waals surface area (Å²) in [7, 11) is 0. The molecule has 5 nitrogen and oxygen atoms in total. The molecule has 1 aliphatic rings. The zero-order chi connectivity index (χ0) is 21.0. The third-order valence-electron chi connectivity index (χ3n) is 5.04. The van der Waals surface area contributed by atoms with Crippen LogP contribution in [0.1, 0.15) is 44.7 Å². The first-order valence-corrected chi connectivity index (χ1v) is 9.31. The van der Waals surface area contributed by atoms with E-state index in [1.807, 2.05) is 0 Å². The number of carbonyl (C=O) groups is 2. The Morgan fingerprint density at radius 2 is 1.52 bits per heavy atom. The third kappa shape index (κ3) is 5.57. The average molecular weight is 405 g/mol. The number of primary amides is 1. The van der Waals surface area contributed by atoms with Crippen molar-refractivity contribution in [3.63, 3.8) is 0 Å². The summed E-state index contributed by atoms with van der Waals surface area (Å²) in [4.78, 5) is 25.6. The average Bonchev–Trinajstić information content (AvgIpc) is 2.69. The van der Waals surface area contributed by atoms with Crippen molar-refractivity contribution < 1.29 is 22.8 Å². The van der Waals surface area contributed by atoms with Crippen molar-refractivity contribution >= 4 is 11.8 Å². The Bertz CT molecular complexity index is 856. The van der Waals surface area contributed by atoms with E-state index in [0.717, 1.165) is 43.6 Å². The van der Waals surface area contributed by atoms with Crippen LogP contribution in [0.4, 0.5) is 13.2 Å². The first-order chi connectivity index (χ1) is 13.7. The molecule has 0 unspecified atom stereocenters. The maximum atomic E-state index is 12.6. The second kappa shape index (κ2) is 8.65. The molecule has 0 spiro atoms. The number of hydrogen-bond acceptors (Lipinski definition) is 3. The molecule has 2 aromatic carbocycles. The molecule has 1 fully saturated rings. The fourth-order valence-electron chi connectivity index (χ4n) is 3.35. The number of carbonyl (C=O) groups excluding carboxylic acids is 2. The number of alkyl halides is 3. The lowest BCUT2D eigenvalue weighted by molar-refractivity contribution is -0.137. The molecule has 3 N–H and O–H groups in total. The van der Waals surface area contributed by atoms with Crippen LogP contribution in [-0.4, -0.2) is 35.8 Å². The Kier molecular flexibility index (Phi) is 6.22. The van der Waals surface area contributed by atoms with Crippen molar-refractivity contribution in [2.24, 2.45) is 5.73 Å². The van der Waals surface area contributed by atoms with Gasteiger partial charge in [-0.2, -0.15) is 13.2 Å². The Morgan fingerprint density at radius 1 is 0.966 bits per heavy atom. The molecule has 0 radical (unpaired) electrons. The molecule has 154 valence electrons. The topological polar surface area (TPSA) is 75.4 Å². The smallest absolute Gasteiger partial charge is 0.366 e. The van der Waals surface area contributed by atoms with Gasteiger partial charge in [0.25, 0.3) is 5.91 Å². The number of halogens is 3. The number of benzene rings is 2. The predicted molar refractivity (Wildman–Crippen MR) is 102 cm³/mol. The monoisotopic (exact) mass is 405 g/mol. The van der Waals surface area contributed by atoms with Gasteiger partial charge in [-0.1, -0.05) is 12.1 Å². The summed E-state index contributed by atoms with van der Waals surface area (Å²) in [5.41, 5.74) is 6.18. The van der Waals surface area contributed by atoms with Crippen LogP contribution in [-0.2, 0) is 12.7 Å². The lowest BCUT2D eigenvalue weighted by Gasteiger charge is -2.32. The van der Waals surface area contributed by atoms with Crippen molar-refractivity contribution in [2.75, 3.05) is 13.1 Å². The molecule has 8 heteroatoms. The van der Waals surface area contributed by atoms with Crippen LogP contribution in [0.2, 0.25) is 0 Å². The molecule has 1 heterocycles. The minimum Gasteiger partial charge on any atom is -0.366 e. The van der Waals surface area contributed by atoms with Crippen LogP contribution in [0.5, 0.6) is 0 Å². The standard InChI is InChI=1S/C21H22F3N3O2/c22-21(23,24)17-7-1-14(2-8-17)13-27-11-9-18(10-12-27)26-20(29)16-5-3-15(4-6-16)19(25)28/h1-8,18H,9-13H2,(H2,25,28)(H,26,29). The summed E-state index contributed by atoms with van der Waals surface area (Å²) in [6.07, 6.45) is -2.81. The number of rotatable bonds is 5. The molecule has 2 aromatic rings. The van der Waals surface area contributed by atoms with Gasteiger partial charge in [-0.05, 0) is 54.8 Å². The lowest BCUT2D eigenvalue weighted by Crippen LogP contribution is -2.44. The minimum absolute atomic E-state index is 0.0298. The van der Waals surface area contributed by atoms with Gasteiger partial charge < -0.3 is 11.1 Å². The number of nitrogens with zero attached hydrogens (tertiary/aromatic N) is 1. The molecule has 0 bridgehead atoms. The van der Waals surface area contributed by atoms with Gasteiger partial charge in [0.15, 0.2) is 0 Å². The van der Waals surface area contributed by atoms with Gasteiger partial charge in [0.2, 0.25) is 5.91 Å². The quantitative estimate of drug-likeness (QED) is 0.802. The number of nitrogens with two attached hydrogens (primary N) is 1. The molecule has 0 aliphatic carbocycles. The van der Waals surface area contributed by atoms with Crippen molar-refractivity contribution in [1.82, 2.24) is 10.2 Å². The lowest BCUT2D eigenvalue weighted by atomic mass is 10.0. The molecule has 1 saturated heterocycles. The summed E-state index contributed by atoms with van der Waals surface area (Å²) in [5, 5.41) is 2.99. The summed E-state index contributed by atoms with van der Waals surface area (Å²) in [6.45, 7) is 2.06. The molecule has 0 saturated carbocycles. The van der Waals surface area contributed by atoms with Crippen LogP contribution in [0.15, 0.2) is 48.5 Å². The first-order valence-electron chi connectivity index (χ1n) is 9.31. The van der Waals surface area contributed by atoms with E-state index < -0.39 is 17.6 Å². The molecule has 2 amide bonds. The molecular formula is C21H22F3N3O2. The maximum Gasteiger partial charge on any atom is 0.416 e. The molecule has 1 aliphatic heterocycles. The molecule has 0 aromatic heterocycles. The second-order valence-corrected chi connectivity index (χ2v) is 7.16. The van der Waals surface area contributed by atoms with Gasteiger partial charge in [-0.15, -0.1) is 0 Å². The van der Waals surface area contributed by atoms with Crippen LogP contribution in [0.25, 0.3) is 0 Å². The van der Waals surface area contributed by atoms with E-state index in [9.17, 15) is 22.8 Å². The fourth-order valence-corrected chi connectivity index (χ4v) is 3.35. The highest BCUT2D eigenvalue weighted by molar-refractivity contribution is 5.97. The fraction of sp³-hybridized carbons (Fsp3) is 0.333. The van der Waals surface area contributed by atoms with Gasteiger partial charge >= 0.3 is 6.18 Å². The van der Waals surface area contributed by atoms with Crippen LogP contribution >= 0.6 is 0 Å². The van der Waals surface area contributed by atoms with Crippen molar-refractivity contribution in [3.8, 4) is 0 Å². The highest BCUT2D eigenvalue weighted by Gasteiger charge is 2.30. The zero-order valence-electron chi connectivity index (χ0n) is 15.7. The number of hydrogen-bond donors (Lipinski definition) is 2. The summed E-state index contributed by atoms with van der Waals surface area (Å²) in [6, 6.07) is 11.4. The van der Waals surface area contributed by atoms with Gasteiger partial charge in [-0.3, -0.25) is 14.5 Å². The van der Waals surface area contributed by atoms with Gasteiger partial charge in [0.05, 0.1) is 5.56 Å². The summed E-state index contributed by atoms with van der Waals surface area (Å²) < 4.78 is 37.9. The van der Waals surface area contributed by atoms with E-state index >= 15 is 0 Å². The second-order valence-electron chi connectivity index (χ2n) is 7.16. The van der Waals surface area contributed by atoms with Gasteiger partial charge in [-0.25, -0.2) is 0 Å². The Hall–Kier alpha value is -2.87. The first kappa shape index (κ1) is 20.9. The van der Waals surface area contributed by atoms with E-state index in [-0.39, 0.29) is 11.9 Å². The highest BCUT2D eigenvalue weighted by Crippen LogP contribution is 2.29. The zero-order valence-corrected chi connectivity index (χ0v) is 15.7. The van der Waals surface area contributed by atoms with Crippen molar-refractivity contribution in [1.29, 1.82) is 0 Å². The predicted octanol–water partition coefficient (Wildman–Crippen LogP) is 3.20. The number of amides is 2. The van der Waals surface area contributed by atoms with E-state index in [4.69, 9.17) is 5.73 Å². The van der Waals surface area contributed by atoms with Gasteiger partial charge in [0, 0.05) is 36.8 Å². The normalized spacial score (nSPS) is 15.8. The van der Waals surface area contributed by atoms with E-state index in [2.05, 4.69) is 10.2 Å². The number of nitrogens with one attached hydrogen (secondary N) is 1. The van der Waals surface area contributed by atoms with E-state index in [1.54, 1.807) is 12.1 Å². The molecule has 3 rings (SSSR count). The largest absolute Gasteiger partial charge is 0.416 e. The number of likely N-dealkylation sites (tertiary alicyclic amines) is 1. The Balaban J connectivity index is 1.47. The van der Waals surface area contributed by atoms with Crippen molar-refractivity contribution in [2.45, 2.75) is 31.6 Å².